The van der Waals surface area contributed by atoms with Crippen LogP contribution in [0.3, 0.4) is 0 Å². The van der Waals surface area contributed by atoms with Crippen molar-refractivity contribution in [2.24, 2.45) is 0 Å². The third-order valence-corrected chi connectivity index (χ3v) is 7.01. The first-order valence-corrected chi connectivity index (χ1v) is 9.19. The molecule has 3 aromatic rings. The van der Waals surface area contributed by atoms with Gasteiger partial charge in [-0.3, -0.25) is 0 Å². The Morgan fingerprint density at radius 3 is 2.37 bits per heavy atom. The van der Waals surface area contributed by atoms with E-state index in [1.165, 1.54) is 17.7 Å². The molecular weight excluding hydrogens is 288 g/mol. The molecule has 0 radical (unpaired) electrons. The van der Waals surface area contributed by atoms with Crippen LogP contribution in [0.2, 0.25) is 0 Å². The van der Waals surface area contributed by atoms with Crippen LogP contribution in [0.4, 0.5) is 0 Å². The van der Waals surface area contributed by atoms with Crippen molar-refractivity contribution >= 4 is 34.0 Å². The summed E-state index contributed by atoms with van der Waals surface area (Å²) in [5.41, 5.74) is 1.58. The monoisotopic (exact) mass is 302 g/mol. The van der Waals surface area contributed by atoms with E-state index in [4.69, 9.17) is 0 Å². The second kappa shape index (κ2) is 4.89. The number of thiophene rings is 3. The van der Waals surface area contributed by atoms with Crippen LogP contribution in [-0.2, 0) is 6.42 Å². The van der Waals surface area contributed by atoms with Crippen LogP contribution < -0.4 is 0 Å². The molecule has 3 heteroatoms. The molecule has 0 fully saturated rings. The molecule has 0 amide bonds. The number of hydrogen-bond acceptors (Lipinski definition) is 3. The van der Waals surface area contributed by atoms with Crippen molar-refractivity contribution in [1.82, 2.24) is 0 Å². The molecule has 3 heterocycles. The summed E-state index contributed by atoms with van der Waals surface area (Å²) in [4.78, 5) is 4.69. The molecule has 0 aromatic carbocycles. The zero-order valence-electron chi connectivity index (χ0n) is 10.4. The van der Waals surface area contributed by atoms with Crippen LogP contribution in [-0.4, -0.2) is 0 Å². The number of fused-ring (bicyclic) bond motifs is 1. The van der Waals surface area contributed by atoms with Gasteiger partial charge in [-0.25, -0.2) is 0 Å². The van der Waals surface area contributed by atoms with Gasteiger partial charge in [-0.05, 0) is 58.7 Å². The van der Waals surface area contributed by atoms with Gasteiger partial charge >= 0.3 is 0 Å². The van der Waals surface area contributed by atoms with Crippen LogP contribution in [0.5, 0.6) is 0 Å². The van der Waals surface area contributed by atoms with E-state index in [1.54, 1.807) is 15.3 Å². The van der Waals surface area contributed by atoms with Crippen molar-refractivity contribution in [2.75, 3.05) is 0 Å². The second-order valence-corrected chi connectivity index (χ2v) is 7.94. The molecule has 0 N–H and O–H groups in total. The van der Waals surface area contributed by atoms with E-state index in [0.717, 1.165) is 0 Å². The molecule has 0 saturated heterocycles. The fourth-order valence-electron chi connectivity index (χ4n) is 3.04. The van der Waals surface area contributed by atoms with Gasteiger partial charge in [0.2, 0.25) is 0 Å². The summed E-state index contributed by atoms with van der Waals surface area (Å²) in [6.07, 6.45) is 2.50. The maximum Gasteiger partial charge on any atom is 0.0287 e. The predicted molar refractivity (Wildman–Crippen MR) is 85.9 cm³/mol. The second-order valence-electron chi connectivity index (χ2n) is 5.03. The summed E-state index contributed by atoms with van der Waals surface area (Å²) < 4.78 is 0. The van der Waals surface area contributed by atoms with Crippen LogP contribution in [0, 0.1) is 0 Å². The Bertz CT molecular complexity index is 646. The lowest BCUT2D eigenvalue weighted by Crippen LogP contribution is -2.15. The summed E-state index contributed by atoms with van der Waals surface area (Å²) >= 11 is 5.76. The highest BCUT2D eigenvalue weighted by molar-refractivity contribution is 7.12. The lowest BCUT2D eigenvalue weighted by atomic mass is 9.80. The van der Waals surface area contributed by atoms with Gasteiger partial charge in [-0.2, -0.15) is 0 Å². The van der Waals surface area contributed by atoms with Crippen molar-refractivity contribution in [3.05, 3.63) is 66.7 Å². The van der Waals surface area contributed by atoms with Crippen LogP contribution in [0.1, 0.15) is 38.5 Å². The molecule has 0 aliphatic heterocycles. The van der Waals surface area contributed by atoms with Gasteiger partial charge < -0.3 is 0 Å². The lowest BCUT2D eigenvalue weighted by molar-refractivity contribution is 0.556. The minimum Gasteiger partial charge on any atom is -0.149 e. The minimum absolute atomic E-state index is 0.621. The molecule has 96 valence electrons. The lowest BCUT2D eigenvalue weighted by Gasteiger charge is -2.28. The summed E-state index contributed by atoms with van der Waals surface area (Å²) in [6.45, 7) is 0. The molecule has 2 unspecified atom stereocenters. The van der Waals surface area contributed by atoms with Gasteiger partial charge in [0.15, 0.2) is 0 Å². The molecule has 2 atom stereocenters. The van der Waals surface area contributed by atoms with Gasteiger partial charge in [0.25, 0.3) is 0 Å². The van der Waals surface area contributed by atoms with Crippen LogP contribution in [0.25, 0.3) is 0 Å². The molecule has 0 nitrogen and oxygen atoms in total. The summed E-state index contributed by atoms with van der Waals surface area (Å²) in [5.74, 6) is 1.32. The standard InChI is InChI=1S/C16H14S3/c1-3-14(17-6-1)12-9-11-5-8-19-16(11)13(10-12)15-4-2-7-18-15/h1-8,12-13H,9-10H2. The highest BCUT2D eigenvalue weighted by atomic mass is 32.1. The molecule has 0 saturated carbocycles. The van der Waals surface area contributed by atoms with Crippen LogP contribution >= 0.6 is 34.0 Å². The van der Waals surface area contributed by atoms with Gasteiger partial charge in [0, 0.05) is 20.5 Å². The highest BCUT2D eigenvalue weighted by Gasteiger charge is 2.30. The maximum atomic E-state index is 2.33. The Balaban J connectivity index is 1.75. The Morgan fingerprint density at radius 1 is 0.842 bits per heavy atom. The maximum absolute atomic E-state index is 2.33. The van der Waals surface area contributed by atoms with E-state index in [-0.39, 0.29) is 0 Å². The first kappa shape index (κ1) is 11.9. The van der Waals surface area contributed by atoms with Crippen molar-refractivity contribution in [2.45, 2.75) is 24.7 Å². The summed E-state index contributed by atoms with van der Waals surface area (Å²) in [7, 11) is 0. The fourth-order valence-corrected chi connectivity index (χ4v) is 5.87. The predicted octanol–water partition coefficient (Wildman–Crippen LogP) is 5.73. The number of rotatable bonds is 2. The van der Waals surface area contributed by atoms with E-state index < -0.39 is 0 Å². The molecular formula is C16H14S3. The highest BCUT2D eigenvalue weighted by Crippen LogP contribution is 2.47. The normalized spacial score (nSPS) is 22.3. The largest absolute Gasteiger partial charge is 0.149 e. The minimum atomic E-state index is 0.621. The quantitative estimate of drug-likeness (QED) is 0.567. The molecule has 1 aliphatic carbocycles. The molecule has 1 aliphatic rings. The Hall–Kier alpha value is -0.900. The summed E-state index contributed by atoms with van der Waals surface area (Å²) in [6, 6.07) is 11.3. The summed E-state index contributed by atoms with van der Waals surface area (Å²) in [5, 5.41) is 6.68. The molecule has 4 rings (SSSR count). The average molecular weight is 302 g/mol. The van der Waals surface area contributed by atoms with E-state index >= 15 is 0 Å². The van der Waals surface area contributed by atoms with Crippen molar-refractivity contribution in [3.63, 3.8) is 0 Å². The first-order chi connectivity index (χ1) is 9.42. The Labute approximate surface area is 125 Å². The van der Waals surface area contributed by atoms with Crippen LogP contribution in [0.15, 0.2) is 46.5 Å². The van der Waals surface area contributed by atoms with Gasteiger partial charge in [0.1, 0.15) is 0 Å². The van der Waals surface area contributed by atoms with E-state index in [1.807, 2.05) is 34.0 Å². The zero-order chi connectivity index (χ0) is 12.7. The van der Waals surface area contributed by atoms with Crippen molar-refractivity contribution in [3.8, 4) is 0 Å². The topological polar surface area (TPSA) is 0 Å². The first-order valence-electron chi connectivity index (χ1n) is 6.55. The molecule has 0 bridgehead atoms. The van der Waals surface area contributed by atoms with Gasteiger partial charge in [-0.1, -0.05) is 12.1 Å². The molecule has 19 heavy (non-hydrogen) atoms. The smallest absolute Gasteiger partial charge is 0.0287 e. The van der Waals surface area contributed by atoms with E-state index in [9.17, 15) is 0 Å². The van der Waals surface area contributed by atoms with Crippen molar-refractivity contribution < 1.29 is 0 Å². The Morgan fingerprint density at radius 2 is 1.63 bits per heavy atom. The van der Waals surface area contributed by atoms with Crippen molar-refractivity contribution in [1.29, 1.82) is 0 Å². The number of hydrogen-bond donors (Lipinski definition) is 0. The van der Waals surface area contributed by atoms with Gasteiger partial charge in [-0.15, -0.1) is 34.0 Å². The average Bonchev–Trinajstić information content (AvgIpc) is 3.18. The van der Waals surface area contributed by atoms with E-state index in [0.29, 0.717) is 11.8 Å². The zero-order valence-corrected chi connectivity index (χ0v) is 12.9. The fraction of sp³-hybridized carbons (Fsp3) is 0.250. The van der Waals surface area contributed by atoms with Gasteiger partial charge in [0.05, 0.1) is 0 Å². The third kappa shape index (κ3) is 2.10. The van der Waals surface area contributed by atoms with E-state index in [2.05, 4.69) is 46.5 Å². The SMILES string of the molecule is c1csc(C2Cc3ccsc3C(c3cccs3)C2)c1. The third-order valence-electron chi connectivity index (χ3n) is 3.92. The Kier molecular flexibility index (Phi) is 3.06. The molecule has 3 aromatic heterocycles. The molecule has 0 spiro atoms.